The Labute approximate surface area is 129 Å². The van der Waals surface area contributed by atoms with Gasteiger partial charge < -0.3 is 4.74 Å². The summed E-state index contributed by atoms with van der Waals surface area (Å²) in [5.74, 6) is -0.649. The number of methoxy groups -OCH3 is 1. The molecule has 0 spiro atoms. The van der Waals surface area contributed by atoms with Gasteiger partial charge >= 0.3 is 5.97 Å². The smallest absolute Gasteiger partial charge is 0.315 e. The van der Waals surface area contributed by atoms with E-state index in [1.165, 1.54) is 7.11 Å². The van der Waals surface area contributed by atoms with Crippen molar-refractivity contribution in [2.45, 2.75) is 12.3 Å². The second-order valence-electron chi connectivity index (χ2n) is 5.19. The maximum Gasteiger partial charge on any atom is 0.315 e. The monoisotopic (exact) mass is 291 g/mol. The Morgan fingerprint density at radius 1 is 1.00 bits per heavy atom. The van der Waals surface area contributed by atoms with Crippen LogP contribution in [-0.4, -0.2) is 18.1 Å². The molecule has 0 amide bonds. The Balaban J connectivity index is 1.98. The van der Waals surface area contributed by atoms with E-state index in [1.807, 2.05) is 66.7 Å². The summed E-state index contributed by atoms with van der Waals surface area (Å²) in [6, 6.07) is 21.7. The zero-order valence-electron chi connectivity index (χ0n) is 12.4. The number of rotatable bonds is 4. The van der Waals surface area contributed by atoms with Crippen LogP contribution in [0.15, 0.2) is 66.7 Å². The Bertz CT molecular complexity index is 784. The van der Waals surface area contributed by atoms with Gasteiger partial charge in [0.2, 0.25) is 0 Å². The molecule has 1 aromatic heterocycles. The van der Waals surface area contributed by atoms with Crippen molar-refractivity contribution in [1.29, 1.82) is 0 Å². The number of carbonyl (C=O) groups excluding carboxylic acids is 1. The first-order valence-electron chi connectivity index (χ1n) is 7.25. The van der Waals surface area contributed by atoms with Crippen LogP contribution in [-0.2, 0) is 16.0 Å². The number of para-hydroxylation sites is 1. The molecule has 3 aromatic rings. The van der Waals surface area contributed by atoms with E-state index in [0.717, 1.165) is 22.2 Å². The highest BCUT2D eigenvalue weighted by Gasteiger charge is 2.23. The Morgan fingerprint density at radius 3 is 2.50 bits per heavy atom. The highest BCUT2D eigenvalue weighted by Crippen LogP contribution is 2.23. The number of esters is 1. The number of carbonyl (C=O) groups is 1. The molecule has 0 aliphatic heterocycles. The van der Waals surface area contributed by atoms with Gasteiger partial charge in [-0.25, -0.2) is 0 Å². The molecule has 3 heteroatoms. The summed E-state index contributed by atoms with van der Waals surface area (Å²) in [6.45, 7) is 0. The summed E-state index contributed by atoms with van der Waals surface area (Å²) in [6.07, 6.45) is 0.582. The number of aromatic nitrogens is 1. The molecular weight excluding hydrogens is 274 g/mol. The van der Waals surface area contributed by atoms with Crippen LogP contribution in [0.2, 0.25) is 0 Å². The van der Waals surface area contributed by atoms with Crippen molar-refractivity contribution in [3.05, 3.63) is 78.0 Å². The lowest BCUT2D eigenvalue weighted by molar-refractivity contribution is -0.142. The van der Waals surface area contributed by atoms with E-state index >= 15 is 0 Å². The second-order valence-corrected chi connectivity index (χ2v) is 5.19. The minimum absolute atomic E-state index is 0.258. The van der Waals surface area contributed by atoms with Crippen LogP contribution in [0.5, 0.6) is 0 Å². The zero-order chi connectivity index (χ0) is 15.4. The normalized spacial score (nSPS) is 12.0. The van der Waals surface area contributed by atoms with Crippen LogP contribution >= 0.6 is 0 Å². The van der Waals surface area contributed by atoms with E-state index in [0.29, 0.717) is 6.42 Å². The highest BCUT2D eigenvalue weighted by molar-refractivity contribution is 5.82. The molecule has 22 heavy (non-hydrogen) atoms. The van der Waals surface area contributed by atoms with Crippen LogP contribution in [0.25, 0.3) is 10.9 Å². The summed E-state index contributed by atoms with van der Waals surface area (Å²) < 4.78 is 4.97. The van der Waals surface area contributed by atoms with Crippen molar-refractivity contribution in [2.24, 2.45) is 0 Å². The Morgan fingerprint density at radius 2 is 1.73 bits per heavy atom. The third-order valence-electron chi connectivity index (χ3n) is 3.75. The summed E-state index contributed by atoms with van der Waals surface area (Å²) in [7, 11) is 1.42. The Hall–Kier alpha value is -2.68. The summed E-state index contributed by atoms with van der Waals surface area (Å²) in [5, 5.41) is 1.06. The van der Waals surface area contributed by atoms with Crippen molar-refractivity contribution in [3.8, 4) is 0 Å². The topological polar surface area (TPSA) is 39.2 Å². The maximum atomic E-state index is 12.2. The zero-order valence-corrected chi connectivity index (χ0v) is 12.4. The molecule has 1 heterocycles. The quantitative estimate of drug-likeness (QED) is 0.687. The molecule has 2 aromatic carbocycles. The lowest BCUT2D eigenvalue weighted by Gasteiger charge is -2.15. The maximum absolute atomic E-state index is 12.2. The first-order chi connectivity index (χ1) is 10.8. The first kappa shape index (κ1) is 14.3. The number of fused-ring (bicyclic) bond motifs is 1. The van der Waals surface area contributed by atoms with Gasteiger partial charge in [0, 0.05) is 5.39 Å². The summed E-state index contributed by atoms with van der Waals surface area (Å²) in [5.41, 5.74) is 2.73. The minimum Gasteiger partial charge on any atom is -0.468 e. The number of nitrogens with zero attached hydrogens (tertiary/aromatic N) is 1. The van der Waals surface area contributed by atoms with Crippen molar-refractivity contribution in [2.75, 3.05) is 7.11 Å². The molecular formula is C19H17NO2. The van der Waals surface area contributed by atoms with Gasteiger partial charge in [-0.15, -0.1) is 0 Å². The van der Waals surface area contributed by atoms with Gasteiger partial charge in [0.15, 0.2) is 0 Å². The van der Waals surface area contributed by atoms with Gasteiger partial charge in [0.05, 0.1) is 18.3 Å². The molecule has 110 valence electrons. The van der Waals surface area contributed by atoms with E-state index in [2.05, 4.69) is 4.98 Å². The van der Waals surface area contributed by atoms with Gasteiger partial charge in [0.1, 0.15) is 5.92 Å². The molecule has 0 radical (unpaired) electrons. The van der Waals surface area contributed by atoms with Crippen LogP contribution < -0.4 is 0 Å². The molecule has 3 rings (SSSR count). The Kier molecular flexibility index (Phi) is 4.15. The van der Waals surface area contributed by atoms with Gasteiger partial charge in [-0.2, -0.15) is 0 Å². The van der Waals surface area contributed by atoms with E-state index in [-0.39, 0.29) is 5.97 Å². The van der Waals surface area contributed by atoms with Gasteiger partial charge in [0.25, 0.3) is 0 Å². The summed E-state index contributed by atoms with van der Waals surface area (Å²) in [4.78, 5) is 16.8. The number of ether oxygens (including phenoxy) is 1. The highest BCUT2D eigenvalue weighted by atomic mass is 16.5. The molecule has 0 fully saturated rings. The molecule has 0 bridgehead atoms. The fourth-order valence-electron chi connectivity index (χ4n) is 2.58. The molecule has 0 N–H and O–H groups in total. The minimum atomic E-state index is -0.392. The predicted octanol–water partition coefficient (Wildman–Crippen LogP) is 3.73. The van der Waals surface area contributed by atoms with Gasteiger partial charge in [-0.05, 0) is 24.1 Å². The van der Waals surface area contributed by atoms with Crippen molar-refractivity contribution in [1.82, 2.24) is 4.98 Å². The summed E-state index contributed by atoms with van der Waals surface area (Å²) >= 11 is 0. The average Bonchev–Trinajstić information content (AvgIpc) is 2.59. The van der Waals surface area contributed by atoms with E-state index < -0.39 is 5.92 Å². The third kappa shape index (κ3) is 2.98. The number of pyridine rings is 1. The number of hydrogen-bond donors (Lipinski definition) is 0. The number of hydrogen-bond acceptors (Lipinski definition) is 3. The van der Waals surface area contributed by atoms with Crippen LogP contribution in [0.3, 0.4) is 0 Å². The molecule has 3 nitrogen and oxygen atoms in total. The standard InChI is InChI=1S/C19H17NO2/c1-22-19(21)16(13-14-7-3-2-4-8-14)18-12-11-15-9-5-6-10-17(15)20-18/h2-12,16H,13H2,1H3. The largest absolute Gasteiger partial charge is 0.468 e. The van der Waals surface area contributed by atoms with Crippen molar-refractivity contribution < 1.29 is 9.53 Å². The molecule has 0 aliphatic carbocycles. The number of benzene rings is 2. The second kappa shape index (κ2) is 6.39. The molecule has 1 atom stereocenters. The van der Waals surface area contributed by atoms with Crippen LogP contribution in [0.1, 0.15) is 17.2 Å². The molecule has 0 aliphatic rings. The molecule has 1 unspecified atom stereocenters. The first-order valence-corrected chi connectivity index (χ1v) is 7.25. The predicted molar refractivity (Wildman–Crippen MR) is 86.6 cm³/mol. The lowest BCUT2D eigenvalue weighted by Crippen LogP contribution is -2.18. The van der Waals surface area contributed by atoms with E-state index in [1.54, 1.807) is 0 Å². The van der Waals surface area contributed by atoms with Crippen LogP contribution in [0, 0.1) is 0 Å². The van der Waals surface area contributed by atoms with Crippen molar-refractivity contribution in [3.63, 3.8) is 0 Å². The van der Waals surface area contributed by atoms with Gasteiger partial charge in [-0.3, -0.25) is 9.78 Å². The van der Waals surface area contributed by atoms with E-state index in [9.17, 15) is 4.79 Å². The molecule has 0 saturated carbocycles. The van der Waals surface area contributed by atoms with Crippen molar-refractivity contribution >= 4 is 16.9 Å². The average molecular weight is 291 g/mol. The van der Waals surface area contributed by atoms with Gasteiger partial charge in [-0.1, -0.05) is 54.6 Å². The van der Waals surface area contributed by atoms with E-state index in [4.69, 9.17) is 4.74 Å². The fourth-order valence-corrected chi connectivity index (χ4v) is 2.58. The SMILES string of the molecule is COC(=O)C(Cc1ccccc1)c1ccc2ccccc2n1. The fraction of sp³-hybridized carbons (Fsp3) is 0.158. The molecule has 0 saturated heterocycles. The van der Waals surface area contributed by atoms with Crippen LogP contribution in [0.4, 0.5) is 0 Å². The third-order valence-corrected chi connectivity index (χ3v) is 3.75. The lowest BCUT2D eigenvalue weighted by atomic mass is 9.95.